The number of hydrogen-bond acceptors (Lipinski definition) is 7. The van der Waals surface area contributed by atoms with E-state index in [1.807, 2.05) is 59.7 Å². The fourth-order valence-corrected chi connectivity index (χ4v) is 6.61. The largest absolute Gasteiger partial charge is 0.448 e. The van der Waals surface area contributed by atoms with E-state index in [1.165, 1.54) is 23.7 Å². The molecular formula is C19H23ClN3O3PS3. The van der Waals surface area contributed by atoms with Crippen LogP contribution >= 0.6 is 41.7 Å². The first-order valence-corrected chi connectivity index (χ1v) is 14.3. The van der Waals surface area contributed by atoms with Crippen molar-refractivity contribution < 1.29 is 14.2 Å². The number of benzene rings is 2. The standard InChI is InChI=1S/C19H23ClN3O3PS3/c1-4-27(28,26-18-8-6-5-7-9-18)23(17-12-10-16(20)11-13-17)30-14-21-19(24)25-22-15(2)29-3/h5-13H,4,14H2,1-3H3,(H,21,24). The molecule has 0 radical (unpaired) electrons. The van der Waals surface area contributed by atoms with Gasteiger partial charge in [0.2, 0.25) is 6.42 Å². The molecule has 0 saturated heterocycles. The van der Waals surface area contributed by atoms with Crippen molar-refractivity contribution in [2.75, 3.05) is 22.4 Å². The number of amides is 1. The molecule has 11 heteroatoms. The summed E-state index contributed by atoms with van der Waals surface area (Å²) in [4.78, 5) is 16.7. The second-order valence-electron chi connectivity index (χ2n) is 5.75. The minimum Gasteiger partial charge on any atom is -0.448 e. The third-order valence-corrected chi connectivity index (χ3v) is 10.3. The van der Waals surface area contributed by atoms with Crippen LogP contribution in [0, 0.1) is 0 Å². The van der Waals surface area contributed by atoms with Crippen LogP contribution in [-0.2, 0) is 16.6 Å². The molecule has 30 heavy (non-hydrogen) atoms. The van der Waals surface area contributed by atoms with Crippen molar-refractivity contribution in [1.82, 2.24) is 5.32 Å². The Balaban J connectivity index is 2.16. The number of para-hydroxylation sites is 1. The highest BCUT2D eigenvalue weighted by atomic mass is 35.5. The monoisotopic (exact) mass is 503 g/mol. The lowest BCUT2D eigenvalue weighted by molar-refractivity contribution is 0.153. The van der Waals surface area contributed by atoms with Gasteiger partial charge in [0.15, 0.2) is 0 Å². The van der Waals surface area contributed by atoms with Gasteiger partial charge in [-0.05, 0) is 73.3 Å². The average molecular weight is 504 g/mol. The number of rotatable bonds is 9. The molecule has 2 aromatic carbocycles. The van der Waals surface area contributed by atoms with E-state index in [0.29, 0.717) is 22.0 Å². The molecule has 2 aromatic rings. The smallest absolute Gasteiger partial charge is 0.434 e. The Morgan fingerprint density at radius 3 is 2.50 bits per heavy atom. The third kappa shape index (κ3) is 7.71. The number of carbonyl (C=O) groups is 1. The number of thioether (sulfide) groups is 1. The summed E-state index contributed by atoms with van der Waals surface area (Å²) >= 11 is 14.8. The van der Waals surface area contributed by atoms with Gasteiger partial charge < -0.3 is 9.84 Å². The first kappa shape index (κ1) is 24.9. The molecule has 1 amide bonds. The Labute approximate surface area is 196 Å². The molecule has 0 fully saturated rings. The van der Waals surface area contributed by atoms with Crippen molar-refractivity contribution in [3.8, 4) is 5.75 Å². The van der Waals surface area contributed by atoms with Crippen LogP contribution in [0.3, 0.4) is 0 Å². The van der Waals surface area contributed by atoms with Crippen molar-refractivity contribution in [3.05, 3.63) is 59.6 Å². The number of anilines is 1. The van der Waals surface area contributed by atoms with E-state index in [1.54, 1.807) is 19.1 Å². The molecule has 1 N–H and O–H groups in total. The molecule has 0 saturated carbocycles. The molecule has 162 valence electrons. The number of nitrogens with zero attached hydrogens (tertiary/aromatic N) is 2. The highest BCUT2D eigenvalue weighted by Crippen LogP contribution is 2.56. The summed E-state index contributed by atoms with van der Waals surface area (Å²) in [5.74, 6) is 0.933. The Hall–Kier alpha value is -1.38. The predicted octanol–water partition coefficient (Wildman–Crippen LogP) is 6.58. The fraction of sp³-hybridized carbons (Fsp3) is 0.263. The molecule has 0 heterocycles. The van der Waals surface area contributed by atoms with Crippen molar-refractivity contribution in [2.45, 2.75) is 13.8 Å². The second kappa shape index (κ2) is 12.5. The Morgan fingerprint density at radius 1 is 1.23 bits per heavy atom. The van der Waals surface area contributed by atoms with Gasteiger partial charge >= 0.3 is 6.09 Å². The van der Waals surface area contributed by atoms with Crippen LogP contribution < -0.4 is 13.9 Å². The van der Waals surface area contributed by atoms with Gasteiger partial charge in [-0.3, -0.25) is 8.91 Å². The zero-order chi connectivity index (χ0) is 22.0. The highest BCUT2D eigenvalue weighted by Gasteiger charge is 2.28. The lowest BCUT2D eigenvalue weighted by Gasteiger charge is -2.34. The molecule has 0 aromatic heterocycles. The molecule has 0 aliphatic heterocycles. The minimum absolute atomic E-state index is 0.228. The number of hydrogen-bond donors (Lipinski definition) is 1. The molecule has 1 unspecified atom stereocenters. The zero-order valence-corrected chi connectivity index (χ0v) is 20.9. The average Bonchev–Trinajstić information content (AvgIpc) is 2.76. The summed E-state index contributed by atoms with van der Waals surface area (Å²) in [6.45, 7) is 3.75. The van der Waals surface area contributed by atoms with Crippen LogP contribution in [0.25, 0.3) is 0 Å². The molecule has 2 rings (SSSR count). The summed E-state index contributed by atoms with van der Waals surface area (Å²) in [7, 11) is 0. The summed E-state index contributed by atoms with van der Waals surface area (Å²) in [6, 6.07) is 16.8. The van der Waals surface area contributed by atoms with E-state index in [-0.39, 0.29) is 5.88 Å². The molecule has 6 nitrogen and oxygen atoms in total. The van der Waals surface area contributed by atoms with Gasteiger partial charge in [-0.1, -0.05) is 41.9 Å². The Kier molecular flexibility index (Phi) is 10.3. The summed E-state index contributed by atoms with van der Waals surface area (Å²) in [6.07, 6.45) is -0.669. The summed E-state index contributed by atoms with van der Waals surface area (Å²) in [5.41, 5.74) is 0.844. The maximum absolute atomic E-state index is 11.9. The van der Waals surface area contributed by atoms with Gasteiger partial charge in [-0.25, -0.2) is 4.79 Å². The molecule has 0 aliphatic carbocycles. The van der Waals surface area contributed by atoms with E-state index in [2.05, 4.69) is 10.5 Å². The van der Waals surface area contributed by atoms with Crippen molar-refractivity contribution in [3.63, 3.8) is 0 Å². The van der Waals surface area contributed by atoms with Gasteiger partial charge in [0.05, 0.1) is 11.6 Å². The SMILES string of the molecule is CCP(=S)(Oc1ccccc1)N(SCNC(=O)ON=C(C)SC)c1ccc(Cl)cc1. The van der Waals surface area contributed by atoms with Gasteiger partial charge in [0.25, 0.3) is 0 Å². The number of carbonyl (C=O) groups excluding carboxylic acids is 1. The first-order valence-electron chi connectivity index (χ1n) is 8.94. The lowest BCUT2D eigenvalue weighted by atomic mass is 10.3. The van der Waals surface area contributed by atoms with Gasteiger partial charge in [-0.2, -0.15) is 0 Å². The highest BCUT2D eigenvalue weighted by molar-refractivity contribution is 8.21. The van der Waals surface area contributed by atoms with E-state index >= 15 is 0 Å². The fourth-order valence-electron chi connectivity index (χ4n) is 2.11. The molecule has 0 bridgehead atoms. The number of nitrogens with one attached hydrogen (secondary N) is 1. The molecule has 0 spiro atoms. The van der Waals surface area contributed by atoms with E-state index in [4.69, 9.17) is 32.8 Å². The van der Waals surface area contributed by atoms with Crippen LogP contribution in [0.4, 0.5) is 10.5 Å². The van der Waals surface area contributed by atoms with Crippen LogP contribution in [-0.4, -0.2) is 29.4 Å². The minimum atomic E-state index is -2.50. The van der Waals surface area contributed by atoms with Crippen LogP contribution in [0.15, 0.2) is 59.8 Å². The van der Waals surface area contributed by atoms with Crippen molar-refractivity contribution in [2.24, 2.45) is 5.16 Å². The number of oxime groups is 1. The number of halogens is 1. The normalized spacial score (nSPS) is 13.3. The second-order valence-corrected chi connectivity index (χ2v) is 12.6. The van der Waals surface area contributed by atoms with Gasteiger partial charge in [0, 0.05) is 11.2 Å². The maximum Gasteiger partial charge on any atom is 0.434 e. The van der Waals surface area contributed by atoms with Crippen LogP contribution in [0.5, 0.6) is 5.75 Å². The lowest BCUT2D eigenvalue weighted by Crippen LogP contribution is -2.26. The van der Waals surface area contributed by atoms with E-state index in [9.17, 15) is 4.79 Å². The van der Waals surface area contributed by atoms with E-state index < -0.39 is 12.5 Å². The van der Waals surface area contributed by atoms with E-state index in [0.717, 1.165) is 5.69 Å². The summed E-state index contributed by atoms with van der Waals surface area (Å²) in [5, 5.41) is 7.67. The summed E-state index contributed by atoms with van der Waals surface area (Å²) < 4.78 is 8.23. The first-order chi connectivity index (χ1) is 14.4. The van der Waals surface area contributed by atoms with Gasteiger partial charge in [0.1, 0.15) is 10.8 Å². The molecule has 1 atom stereocenters. The molecular weight excluding hydrogens is 481 g/mol. The molecule has 0 aliphatic rings. The quantitative estimate of drug-likeness (QED) is 0.0788. The maximum atomic E-state index is 11.9. The topological polar surface area (TPSA) is 63.2 Å². The zero-order valence-electron chi connectivity index (χ0n) is 16.8. The van der Waals surface area contributed by atoms with Crippen molar-refractivity contribution >= 4 is 70.4 Å². The van der Waals surface area contributed by atoms with Crippen molar-refractivity contribution in [1.29, 1.82) is 0 Å². The van der Waals surface area contributed by atoms with Gasteiger partial charge in [-0.15, -0.1) is 11.8 Å². The van der Waals surface area contributed by atoms with Crippen LogP contribution in [0.2, 0.25) is 5.02 Å². The Morgan fingerprint density at radius 2 is 1.90 bits per heavy atom. The van der Waals surface area contributed by atoms with Crippen LogP contribution in [0.1, 0.15) is 13.8 Å². The Bertz CT molecular complexity index is 901. The predicted molar refractivity (Wildman–Crippen MR) is 135 cm³/mol. The third-order valence-electron chi connectivity index (χ3n) is 3.67.